The van der Waals surface area contributed by atoms with Crippen LogP contribution in [-0.4, -0.2) is 58.9 Å². The molecule has 0 saturated carbocycles. The largest absolute Gasteiger partial charge is 0.496 e. The van der Waals surface area contributed by atoms with E-state index in [1.54, 1.807) is 45.6 Å². The van der Waals surface area contributed by atoms with Crippen LogP contribution in [0.1, 0.15) is 5.56 Å². The number of benzene rings is 2. The van der Waals surface area contributed by atoms with Crippen LogP contribution >= 0.6 is 11.6 Å². The van der Waals surface area contributed by atoms with Crippen molar-refractivity contribution in [3.8, 4) is 23.0 Å². The van der Waals surface area contributed by atoms with Crippen molar-refractivity contribution in [2.75, 3.05) is 48.1 Å². The van der Waals surface area contributed by atoms with Gasteiger partial charge in [-0.3, -0.25) is 9.69 Å². The van der Waals surface area contributed by atoms with Gasteiger partial charge in [-0.15, -0.1) is 0 Å². The minimum atomic E-state index is -0.101. The number of nitrogens with one attached hydrogen (secondary N) is 1. The first-order valence-corrected chi connectivity index (χ1v) is 9.47. The zero-order chi connectivity index (χ0) is 21.2. The Morgan fingerprint density at radius 2 is 1.62 bits per heavy atom. The summed E-state index contributed by atoms with van der Waals surface area (Å²) in [5, 5.41) is 3.56. The number of ether oxygens (including phenoxy) is 4. The Hall–Kier alpha value is -2.64. The molecule has 0 aliphatic heterocycles. The lowest BCUT2D eigenvalue weighted by Gasteiger charge is -2.18. The van der Waals surface area contributed by atoms with Crippen molar-refractivity contribution in [1.29, 1.82) is 0 Å². The Kier molecular flexibility index (Phi) is 8.89. The van der Waals surface area contributed by atoms with E-state index in [2.05, 4.69) is 5.32 Å². The molecular formula is C21H27ClN2O5. The smallest absolute Gasteiger partial charge is 0.234 e. The summed E-state index contributed by atoms with van der Waals surface area (Å²) >= 11 is 5.85. The summed E-state index contributed by atoms with van der Waals surface area (Å²) in [5.74, 6) is 2.41. The molecule has 0 heterocycles. The zero-order valence-corrected chi connectivity index (χ0v) is 17.9. The fraction of sp³-hybridized carbons (Fsp3) is 0.381. The molecule has 0 unspecified atom stereocenters. The third-order valence-corrected chi connectivity index (χ3v) is 4.48. The summed E-state index contributed by atoms with van der Waals surface area (Å²) in [6, 6.07) is 10.7. The first-order valence-electron chi connectivity index (χ1n) is 9.09. The van der Waals surface area contributed by atoms with E-state index in [1.165, 1.54) is 0 Å². The monoisotopic (exact) mass is 422 g/mol. The molecule has 2 rings (SSSR count). The van der Waals surface area contributed by atoms with E-state index in [0.717, 1.165) is 11.3 Å². The van der Waals surface area contributed by atoms with Gasteiger partial charge in [-0.1, -0.05) is 11.6 Å². The molecule has 1 N–H and O–H groups in total. The highest BCUT2D eigenvalue weighted by molar-refractivity contribution is 6.30. The minimum Gasteiger partial charge on any atom is -0.496 e. The molecule has 2 aromatic rings. The highest BCUT2D eigenvalue weighted by Crippen LogP contribution is 2.34. The van der Waals surface area contributed by atoms with Crippen LogP contribution in [0, 0.1) is 0 Å². The molecule has 0 radical (unpaired) electrons. The number of methoxy groups -OCH3 is 3. The molecule has 1 amide bonds. The van der Waals surface area contributed by atoms with Crippen molar-refractivity contribution in [2.24, 2.45) is 0 Å². The molecule has 0 aromatic heterocycles. The van der Waals surface area contributed by atoms with Crippen LogP contribution in [0.25, 0.3) is 0 Å². The van der Waals surface area contributed by atoms with Crippen LogP contribution in [0.3, 0.4) is 0 Å². The molecule has 0 fully saturated rings. The summed E-state index contributed by atoms with van der Waals surface area (Å²) in [5.41, 5.74) is 0.798. The molecule has 2 aromatic carbocycles. The van der Waals surface area contributed by atoms with Crippen molar-refractivity contribution < 1.29 is 23.7 Å². The fourth-order valence-electron chi connectivity index (χ4n) is 2.65. The Bertz CT molecular complexity index is 798. The van der Waals surface area contributed by atoms with Crippen molar-refractivity contribution in [3.05, 3.63) is 47.0 Å². The molecule has 0 atom stereocenters. The molecule has 0 aliphatic rings. The number of hydrogen-bond acceptors (Lipinski definition) is 6. The predicted octanol–water partition coefficient (Wildman–Crippen LogP) is 2.99. The van der Waals surface area contributed by atoms with Crippen LogP contribution in [0.15, 0.2) is 36.4 Å². The number of carbonyl (C=O) groups is 1. The van der Waals surface area contributed by atoms with Gasteiger partial charge in [0.1, 0.15) is 18.1 Å². The maximum Gasteiger partial charge on any atom is 0.234 e. The summed E-state index contributed by atoms with van der Waals surface area (Å²) in [6.45, 7) is 1.64. The molecule has 0 aliphatic carbocycles. The number of halogens is 1. The van der Waals surface area contributed by atoms with E-state index < -0.39 is 0 Å². The van der Waals surface area contributed by atoms with E-state index in [9.17, 15) is 4.79 Å². The van der Waals surface area contributed by atoms with Gasteiger partial charge in [0.05, 0.1) is 27.9 Å². The minimum absolute atomic E-state index is 0.101. The third kappa shape index (κ3) is 7.03. The summed E-state index contributed by atoms with van der Waals surface area (Å²) in [6.07, 6.45) is 0. The first kappa shape index (κ1) is 22.6. The molecule has 7 nitrogen and oxygen atoms in total. The van der Waals surface area contributed by atoms with Crippen molar-refractivity contribution >= 4 is 17.5 Å². The lowest BCUT2D eigenvalue weighted by atomic mass is 10.1. The number of hydrogen-bond donors (Lipinski definition) is 1. The fourth-order valence-corrected chi connectivity index (χ4v) is 2.78. The highest BCUT2D eigenvalue weighted by atomic mass is 35.5. The first-order chi connectivity index (χ1) is 14.0. The Morgan fingerprint density at radius 1 is 1.00 bits per heavy atom. The van der Waals surface area contributed by atoms with Gasteiger partial charge in [0.15, 0.2) is 11.5 Å². The Morgan fingerprint density at radius 3 is 2.24 bits per heavy atom. The predicted molar refractivity (Wildman–Crippen MR) is 112 cm³/mol. The second-order valence-corrected chi connectivity index (χ2v) is 6.77. The lowest BCUT2D eigenvalue weighted by molar-refractivity contribution is -0.122. The normalized spacial score (nSPS) is 10.6. The van der Waals surface area contributed by atoms with Gasteiger partial charge in [0.2, 0.25) is 5.91 Å². The van der Waals surface area contributed by atoms with Crippen LogP contribution < -0.4 is 24.3 Å². The van der Waals surface area contributed by atoms with Crippen molar-refractivity contribution in [3.63, 3.8) is 0 Å². The second-order valence-electron chi connectivity index (χ2n) is 6.34. The van der Waals surface area contributed by atoms with E-state index in [4.69, 9.17) is 30.5 Å². The molecule has 29 heavy (non-hydrogen) atoms. The maximum absolute atomic E-state index is 12.3. The van der Waals surface area contributed by atoms with Crippen LogP contribution in [-0.2, 0) is 11.3 Å². The second kappa shape index (κ2) is 11.4. The van der Waals surface area contributed by atoms with Gasteiger partial charge < -0.3 is 24.3 Å². The van der Waals surface area contributed by atoms with Gasteiger partial charge in [-0.05, 0) is 37.4 Å². The van der Waals surface area contributed by atoms with Gasteiger partial charge in [0.25, 0.3) is 0 Å². The number of carbonyl (C=O) groups excluding carboxylic acids is 1. The van der Waals surface area contributed by atoms with Crippen LogP contribution in [0.5, 0.6) is 23.0 Å². The Labute approximate surface area is 176 Å². The quantitative estimate of drug-likeness (QED) is 0.600. The van der Waals surface area contributed by atoms with Crippen molar-refractivity contribution in [1.82, 2.24) is 10.2 Å². The van der Waals surface area contributed by atoms with Crippen molar-refractivity contribution in [2.45, 2.75) is 6.54 Å². The van der Waals surface area contributed by atoms with E-state index in [1.807, 2.05) is 24.1 Å². The molecule has 8 heteroatoms. The molecular weight excluding hydrogens is 396 g/mol. The van der Waals surface area contributed by atoms with E-state index in [0.29, 0.717) is 42.0 Å². The average Bonchev–Trinajstić information content (AvgIpc) is 2.72. The molecule has 0 bridgehead atoms. The van der Waals surface area contributed by atoms with Gasteiger partial charge in [-0.25, -0.2) is 0 Å². The highest BCUT2D eigenvalue weighted by Gasteiger charge is 2.13. The third-order valence-electron chi connectivity index (χ3n) is 4.23. The van der Waals surface area contributed by atoms with Crippen LogP contribution in [0.4, 0.5) is 0 Å². The summed E-state index contributed by atoms with van der Waals surface area (Å²) < 4.78 is 21.6. The van der Waals surface area contributed by atoms with Gasteiger partial charge in [-0.2, -0.15) is 0 Å². The van der Waals surface area contributed by atoms with E-state index in [-0.39, 0.29) is 12.5 Å². The molecule has 0 saturated heterocycles. The lowest BCUT2D eigenvalue weighted by Crippen LogP contribution is -2.36. The maximum atomic E-state index is 12.3. The topological polar surface area (TPSA) is 69.3 Å². The van der Waals surface area contributed by atoms with Gasteiger partial charge in [0, 0.05) is 29.7 Å². The van der Waals surface area contributed by atoms with E-state index >= 15 is 0 Å². The summed E-state index contributed by atoms with van der Waals surface area (Å²) in [7, 11) is 6.56. The number of nitrogens with zero attached hydrogens (tertiary/aromatic N) is 1. The van der Waals surface area contributed by atoms with Crippen LogP contribution in [0.2, 0.25) is 5.02 Å². The number of likely N-dealkylation sites (N-methyl/N-ethyl adjacent to an activating group) is 1. The SMILES string of the molecule is COc1cc(OC)c(OC)cc1CNC(=O)CN(C)CCOc1ccc(Cl)cc1. The van der Waals surface area contributed by atoms with Gasteiger partial charge >= 0.3 is 0 Å². The average molecular weight is 423 g/mol. The number of rotatable bonds is 11. The summed E-state index contributed by atoms with van der Waals surface area (Å²) in [4.78, 5) is 14.2. The molecule has 158 valence electrons. The molecule has 0 spiro atoms. The standard InChI is InChI=1S/C21H27ClN2O5/c1-24(9-10-29-17-7-5-16(22)6-8-17)14-21(25)23-13-15-11-19(27-3)20(28-4)12-18(15)26-2/h5-8,11-12H,9-10,13-14H2,1-4H3,(H,23,25). The Balaban J connectivity index is 1.80. The zero-order valence-electron chi connectivity index (χ0n) is 17.2. The number of amides is 1.